The fraction of sp³-hybridized carbons (Fsp3) is 0.333. The number of hydrogen-bond donors (Lipinski definition) is 1. The maximum absolute atomic E-state index is 6.26. The van der Waals surface area contributed by atoms with Crippen LogP contribution in [0, 0.1) is 0 Å². The van der Waals surface area contributed by atoms with Gasteiger partial charge < -0.3 is 14.4 Å². The largest absolute Gasteiger partial charge is 0.388 e. The number of benzene rings is 2. The Bertz CT molecular complexity index is 663. The van der Waals surface area contributed by atoms with E-state index in [2.05, 4.69) is 11.4 Å². The number of anilines is 1. The Balaban J connectivity index is 2.57. The molecule has 2 aromatic rings. The van der Waals surface area contributed by atoms with Gasteiger partial charge in [-0.05, 0) is 43.2 Å². The minimum atomic E-state index is -1.16. The zero-order chi connectivity index (χ0) is 17.5. The van der Waals surface area contributed by atoms with Crippen LogP contribution < -0.4 is 5.32 Å². The standard InChI is InChI=1S/C18H22Cl2NO2P/c1-4-22-24(23-5-2)18(13-10-11-15(19)16(20)12-13)14-8-6-7-9-17(14)21-3/h6-12,18,21H,4-5H2,1-3H3. The zero-order valence-electron chi connectivity index (χ0n) is 14.1. The van der Waals surface area contributed by atoms with Gasteiger partial charge in [-0.2, -0.15) is 0 Å². The van der Waals surface area contributed by atoms with Crippen LogP contribution in [0.25, 0.3) is 0 Å². The van der Waals surface area contributed by atoms with Crippen LogP contribution in [0.5, 0.6) is 0 Å². The molecule has 1 unspecified atom stereocenters. The first-order valence-corrected chi connectivity index (χ1v) is 9.89. The highest BCUT2D eigenvalue weighted by molar-refractivity contribution is 7.48. The molecular weight excluding hydrogens is 364 g/mol. The molecule has 0 aliphatic rings. The lowest BCUT2D eigenvalue weighted by Crippen LogP contribution is -2.07. The minimum Gasteiger partial charge on any atom is -0.388 e. The third-order valence-electron chi connectivity index (χ3n) is 3.51. The summed E-state index contributed by atoms with van der Waals surface area (Å²) < 4.78 is 11.9. The van der Waals surface area contributed by atoms with Crippen LogP contribution in [-0.4, -0.2) is 20.3 Å². The summed E-state index contributed by atoms with van der Waals surface area (Å²) >= 11 is 12.3. The van der Waals surface area contributed by atoms with Gasteiger partial charge in [0.05, 0.1) is 28.9 Å². The van der Waals surface area contributed by atoms with E-state index in [4.69, 9.17) is 32.2 Å². The Morgan fingerprint density at radius 1 is 1.00 bits per heavy atom. The topological polar surface area (TPSA) is 30.5 Å². The predicted molar refractivity (Wildman–Crippen MR) is 104 cm³/mol. The fourth-order valence-corrected chi connectivity index (χ4v) is 4.55. The molecule has 0 saturated heterocycles. The lowest BCUT2D eigenvalue weighted by molar-refractivity contribution is 0.265. The molecule has 0 spiro atoms. The van der Waals surface area contributed by atoms with E-state index in [1.807, 2.05) is 57.3 Å². The highest BCUT2D eigenvalue weighted by Gasteiger charge is 2.29. The molecule has 24 heavy (non-hydrogen) atoms. The summed E-state index contributed by atoms with van der Waals surface area (Å²) in [7, 11) is 0.749. The highest BCUT2D eigenvalue weighted by atomic mass is 35.5. The van der Waals surface area contributed by atoms with Gasteiger partial charge in [-0.25, -0.2) is 0 Å². The van der Waals surface area contributed by atoms with Crippen molar-refractivity contribution in [3.8, 4) is 0 Å². The lowest BCUT2D eigenvalue weighted by Gasteiger charge is -2.28. The number of hydrogen-bond acceptors (Lipinski definition) is 3. The van der Waals surface area contributed by atoms with Gasteiger partial charge in [0.1, 0.15) is 0 Å². The van der Waals surface area contributed by atoms with Crippen molar-refractivity contribution in [1.29, 1.82) is 0 Å². The Kier molecular flexibility index (Phi) is 7.80. The molecule has 0 aliphatic carbocycles. The summed E-state index contributed by atoms with van der Waals surface area (Å²) in [6.07, 6.45) is 0. The maximum atomic E-state index is 6.26. The quantitative estimate of drug-likeness (QED) is 0.525. The van der Waals surface area contributed by atoms with E-state index in [9.17, 15) is 0 Å². The van der Waals surface area contributed by atoms with Crippen LogP contribution in [-0.2, 0) is 9.05 Å². The molecule has 0 aliphatic heterocycles. The number of nitrogens with one attached hydrogen (secondary N) is 1. The van der Waals surface area contributed by atoms with E-state index >= 15 is 0 Å². The molecule has 1 N–H and O–H groups in total. The summed E-state index contributed by atoms with van der Waals surface area (Å²) in [6, 6.07) is 13.9. The Labute approximate surface area is 155 Å². The Hall–Kier alpha value is -0.830. The van der Waals surface area contributed by atoms with Crippen LogP contribution in [0.1, 0.15) is 30.6 Å². The summed E-state index contributed by atoms with van der Waals surface area (Å²) in [5.74, 6) is 0. The SMILES string of the molecule is CCOP(OCC)C(c1ccc(Cl)c(Cl)c1)c1ccccc1NC. The van der Waals surface area contributed by atoms with Crippen molar-refractivity contribution in [3.63, 3.8) is 0 Å². The van der Waals surface area contributed by atoms with Crippen LogP contribution >= 0.6 is 31.6 Å². The number of para-hydroxylation sites is 1. The van der Waals surface area contributed by atoms with Crippen molar-refractivity contribution in [2.45, 2.75) is 19.5 Å². The molecule has 2 rings (SSSR count). The van der Waals surface area contributed by atoms with Crippen LogP contribution in [0.15, 0.2) is 42.5 Å². The van der Waals surface area contributed by atoms with E-state index < -0.39 is 8.38 Å². The van der Waals surface area contributed by atoms with Crippen molar-refractivity contribution < 1.29 is 9.05 Å². The molecular formula is C18H22Cl2NO2P. The molecule has 1 atom stereocenters. The van der Waals surface area contributed by atoms with Crippen molar-refractivity contribution in [2.75, 3.05) is 25.6 Å². The number of halogens is 2. The molecule has 0 heterocycles. The molecule has 0 bridgehead atoms. The van der Waals surface area contributed by atoms with Gasteiger partial charge in [0, 0.05) is 12.7 Å². The van der Waals surface area contributed by atoms with Gasteiger partial charge in [0.15, 0.2) is 8.38 Å². The van der Waals surface area contributed by atoms with Gasteiger partial charge in [0.2, 0.25) is 0 Å². The average Bonchev–Trinajstić information content (AvgIpc) is 2.59. The first kappa shape index (κ1) is 19.5. The smallest absolute Gasteiger partial charge is 0.183 e. The first-order valence-electron chi connectivity index (χ1n) is 7.89. The van der Waals surface area contributed by atoms with Crippen LogP contribution in [0.3, 0.4) is 0 Å². The second-order valence-corrected chi connectivity index (χ2v) is 7.45. The molecule has 3 nitrogen and oxygen atoms in total. The van der Waals surface area contributed by atoms with Gasteiger partial charge in [-0.15, -0.1) is 0 Å². The van der Waals surface area contributed by atoms with E-state index in [0.717, 1.165) is 16.8 Å². The van der Waals surface area contributed by atoms with Crippen LogP contribution in [0.2, 0.25) is 10.0 Å². The van der Waals surface area contributed by atoms with Crippen molar-refractivity contribution in [1.82, 2.24) is 0 Å². The van der Waals surface area contributed by atoms with Crippen molar-refractivity contribution >= 4 is 37.3 Å². The third-order valence-corrected chi connectivity index (χ3v) is 6.27. The third kappa shape index (κ3) is 4.62. The van der Waals surface area contributed by atoms with Gasteiger partial charge in [0.25, 0.3) is 0 Å². The second-order valence-electron chi connectivity index (χ2n) is 5.03. The van der Waals surface area contributed by atoms with Crippen LogP contribution in [0.4, 0.5) is 5.69 Å². The lowest BCUT2D eigenvalue weighted by atomic mass is 10.0. The summed E-state index contributed by atoms with van der Waals surface area (Å²) in [5, 5.41) is 4.32. The zero-order valence-corrected chi connectivity index (χ0v) is 16.5. The van der Waals surface area contributed by atoms with E-state index in [0.29, 0.717) is 23.3 Å². The molecule has 2 aromatic carbocycles. The van der Waals surface area contributed by atoms with E-state index in [1.165, 1.54) is 0 Å². The van der Waals surface area contributed by atoms with Gasteiger partial charge in [-0.1, -0.05) is 47.5 Å². The highest BCUT2D eigenvalue weighted by Crippen LogP contribution is 2.58. The molecule has 0 saturated carbocycles. The monoisotopic (exact) mass is 385 g/mol. The second kappa shape index (κ2) is 9.60. The van der Waals surface area contributed by atoms with Crippen molar-refractivity contribution in [2.24, 2.45) is 0 Å². The Morgan fingerprint density at radius 2 is 1.67 bits per heavy atom. The molecule has 130 valence electrons. The first-order chi connectivity index (χ1) is 11.6. The fourth-order valence-electron chi connectivity index (χ4n) is 2.50. The Morgan fingerprint density at radius 3 is 2.25 bits per heavy atom. The minimum absolute atomic E-state index is 0.0571. The predicted octanol–water partition coefficient (Wildman–Crippen LogP) is 6.51. The van der Waals surface area contributed by atoms with E-state index in [1.54, 1.807) is 0 Å². The molecule has 0 fully saturated rings. The van der Waals surface area contributed by atoms with Gasteiger partial charge in [-0.3, -0.25) is 0 Å². The maximum Gasteiger partial charge on any atom is 0.183 e. The average molecular weight is 386 g/mol. The molecule has 0 aromatic heterocycles. The summed E-state index contributed by atoms with van der Waals surface area (Å²) in [6.45, 7) is 5.13. The normalized spacial score (nSPS) is 12.4. The van der Waals surface area contributed by atoms with Gasteiger partial charge >= 0.3 is 0 Å². The van der Waals surface area contributed by atoms with E-state index in [-0.39, 0.29) is 5.66 Å². The summed E-state index contributed by atoms with van der Waals surface area (Å²) in [4.78, 5) is 0. The summed E-state index contributed by atoms with van der Waals surface area (Å²) in [5.41, 5.74) is 3.13. The molecule has 0 radical (unpaired) electrons. The number of rotatable bonds is 8. The van der Waals surface area contributed by atoms with Crippen molar-refractivity contribution in [3.05, 3.63) is 63.6 Å². The molecule has 6 heteroatoms. The molecule has 0 amide bonds.